The maximum atomic E-state index is 12.2. The molecule has 1 amide bonds. The van der Waals surface area contributed by atoms with Gasteiger partial charge in [-0.15, -0.1) is 0 Å². The van der Waals surface area contributed by atoms with Crippen LogP contribution in [-0.4, -0.2) is 60.0 Å². The Hall–Kier alpha value is -1.33. The number of aromatic nitrogens is 1. The van der Waals surface area contributed by atoms with Gasteiger partial charge in [-0.3, -0.25) is 4.79 Å². The highest BCUT2D eigenvalue weighted by molar-refractivity contribution is 5.92. The standard InChI is InChI=1S/C11H18N4O/c1-14-5-6-15(9(7-12)8-14)11(16)10-3-2-4-13-10/h2-4,9,13H,5-8,12H2,1H3. The summed E-state index contributed by atoms with van der Waals surface area (Å²) in [6, 6.07) is 3.75. The molecular formula is C11H18N4O. The van der Waals surface area contributed by atoms with Crippen LogP contribution in [0.25, 0.3) is 0 Å². The molecule has 1 aliphatic rings. The lowest BCUT2D eigenvalue weighted by Gasteiger charge is -2.39. The Morgan fingerprint density at radius 3 is 3.06 bits per heavy atom. The quantitative estimate of drug-likeness (QED) is 0.724. The topological polar surface area (TPSA) is 65.4 Å². The Morgan fingerprint density at radius 1 is 1.62 bits per heavy atom. The van der Waals surface area contributed by atoms with Gasteiger partial charge in [0.25, 0.3) is 5.91 Å². The molecule has 1 saturated heterocycles. The predicted octanol–water partition coefficient (Wildman–Crippen LogP) is -0.270. The number of piperazine rings is 1. The fourth-order valence-corrected chi connectivity index (χ4v) is 2.10. The highest BCUT2D eigenvalue weighted by Gasteiger charge is 2.28. The normalized spacial score (nSPS) is 22.4. The second-order valence-electron chi connectivity index (χ2n) is 4.23. The van der Waals surface area contributed by atoms with Gasteiger partial charge in [0.2, 0.25) is 0 Å². The Morgan fingerprint density at radius 2 is 2.44 bits per heavy atom. The number of nitrogens with zero attached hydrogens (tertiary/aromatic N) is 2. The van der Waals surface area contributed by atoms with E-state index in [4.69, 9.17) is 5.73 Å². The number of amides is 1. The number of carbonyl (C=O) groups is 1. The molecule has 16 heavy (non-hydrogen) atoms. The van der Waals surface area contributed by atoms with Crippen molar-refractivity contribution >= 4 is 5.91 Å². The van der Waals surface area contributed by atoms with E-state index in [0.29, 0.717) is 12.2 Å². The molecule has 2 rings (SSSR count). The van der Waals surface area contributed by atoms with E-state index in [2.05, 4.69) is 16.9 Å². The van der Waals surface area contributed by atoms with Crippen LogP contribution in [0.2, 0.25) is 0 Å². The van der Waals surface area contributed by atoms with Gasteiger partial charge in [-0.1, -0.05) is 0 Å². The van der Waals surface area contributed by atoms with E-state index in [1.54, 1.807) is 12.3 Å². The number of aromatic amines is 1. The summed E-state index contributed by atoms with van der Waals surface area (Å²) in [6.45, 7) is 3.01. The summed E-state index contributed by atoms with van der Waals surface area (Å²) in [5.74, 6) is 0.0496. The summed E-state index contributed by atoms with van der Waals surface area (Å²) in [4.78, 5) is 19.2. The Kier molecular flexibility index (Phi) is 3.26. The molecule has 0 saturated carbocycles. The van der Waals surface area contributed by atoms with Gasteiger partial charge in [-0.05, 0) is 19.2 Å². The molecule has 5 nitrogen and oxygen atoms in total. The molecule has 0 spiro atoms. The molecule has 0 aliphatic carbocycles. The van der Waals surface area contributed by atoms with E-state index in [1.165, 1.54) is 0 Å². The second-order valence-corrected chi connectivity index (χ2v) is 4.23. The number of likely N-dealkylation sites (N-methyl/N-ethyl adjacent to an activating group) is 1. The number of rotatable bonds is 2. The first-order valence-electron chi connectivity index (χ1n) is 5.55. The van der Waals surface area contributed by atoms with Crippen molar-refractivity contribution in [1.82, 2.24) is 14.8 Å². The van der Waals surface area contributed by atoms with Crippen molar-refractivity contribution < 1.29 is 4.79 Å². The first-order valence-corrected chi connectivity index (χ1v) is 5.55. The van der Waals surface area contributed by atoms with Gasteiger partial charge in [0.1, 0.15) is 5.69 Å². The zero-order valence-corrected chi connectivity index (χ0v) is 9.52. The van der Waals surface area contributed by atoms with Crippen LogP contribution in [0.1, 0.15) is 10.5 Å². The van der Waals surface area contributed by atoms with Crippen LogP contribution in [0.15, 0.2) is 18.3 Å². The van der Waals surface area contributed by atoms with E-state index in [1.807, 2.05) is 11.0 Å². The first kappa shape index (κ1) is 11.2. The van der Waals surface area contributed by atoms with Gasteiger partial charge in [0.05, 0.1) is 6.04 Å². The largest absolute Gasteiger partial charge is 0.357 e. The number of nitrogens with one attached hydrogen (secondary N) is 1. The molecule has 1 aromatic rings. The van der Waals surface area contributed by atoms with Crippen molar-refractivity contribution in [3.63, 3.8) is 0 Å². The minimum atomic E-state index is 0.0496. The molecule has 88 valence electrons. The second kappa shape index (κ2) is 4.67. The minimum Gasteiger partial charge on any atom is -0.357 e. The van der Waals surface area contributed by atoms with Gasteiger partial charge in [0.15, 0.2) is 0 Å². The van der Waals surface area contributed by atoms with E-state index in [-0.39, 0.29) is 11.9 Å². The van der Waals surface area contributed by atoms with Crippen LogP contribution in [0.4, 0.5) is 0 Å². The highest BCUT2D eigenvalue weighted by atomic mass is 16.2. The third kappa shape index (κ3) is 2.10. The number of H-pyrrole nitrogens is 1. The molecule has 1 aromatic heterocycles. The smallest absolute Gasteiger partial charge is 0.270 e. The molecule has 5 heteroatoms. The molecule has 2 heterocycles. The number of hydrogen-bond donors (Lipinski definition) is 2. The molecular weight excluding hydrogens is 204 g/mol. The number of nitrogens with two attached hydrogens (primary N) is 1. The lowest BCUT2D eigenvalue weighted by atomic mass is 10.1. The van der Waals surface area contributed by atoms with E-state index >= 15 is 0 Å². The molecule has 1 fully saturated rings. The Bertz CT molecular complexity index is 349. The maximum absolute atomic E-state index is 12.2. The van der Waals surface area contributed by atoms with Crippen molar-refractivity contribution in [2.75, 3.05) is 33.2 Å². The first-order chi connectivity index (χ1) is 7.72. The molecule has 3 N–H and O–H groups in total. The zero-order valence-electron chi connectivity index (χ0n) is 9.52. The van der Waals surface area contributed by atoms with Crippen LogP contribution in [-0.2, 0) is 0 Å². The fraction of sp³-hybridized carbons (Fsp3) is 0.545. The maximum Gasteiger partial charge on any atom is 0.270 e. The van der Waals surface area contributed by atoms with Crippen molar-refractivity contribution in [2.45, 2.75) is 6.04 Å². The summed E-state index contributed by atoms with van der Waals surface area (Å²) in [7, 11) is 2.05. The third-order valence-corrected chi connectivity index (χ3v) is 3.05. The van der Waals surface area contributed by atoms with Gasteiger partial charge in [-0.25, -0.2) is 0 Å². The van der Waals surface area contributed by atoms with Gasteiger partial charge in [-0.2, -0.15) is 0 Å². The van der Waals surface area contributed by atoms with E-state index in [9.17, 15) is 4.79 Å². The SMILES string of the molecule is CN1CCN(C(=O)c2ccc[nH]2)C(CN)C1. The number of carbonyl (C=O) groups excluding carboxylic acids is 1. The summed E-state index contributed by atoms with van der Waals surface area (Å²) in [6.07, 6.45) is 1.76. The average Bonchev–Trinajstić information content (AvgIpc) is 2.81. The van der Waals surface area contributed by atoms with E-state index in [0.717, 1.165) is 19.6 Å². The van der Waals surface area contributed by atoms with Crippen LogP contribution < -0.4 is 5.73 Å². The van der Waals surface area contributed by atoms with Gasteiger partial charge < -0.3 is 20.5 Å². The summed E-state index contributed by atoms with van der Waals surface area (Å²) in [5.41, 5.74) is 6.36. The van der Waals surface area contributed by atoms with Crippen molar-refractivity contribution in [1.29, 1.82) is 0 Å². The molecule has 0 aromatic carbocycles. The number of hydrogen-bond acceptors (Lipinski definition) is 3. The summed E-state index contributed by atoms with van der Waals surface area (Å²) < 4.78 is 0. The van der Waals surface area contributed by atoms with Crippen molar-refractivity contribution in [3.05, 3.63) is 24.0 Å². The molecule has 1 atom stereocenters. The van der Waals surface area contributed by atoms with Gasteiger partial charge in [0, 0.05) is 32.4 Å². The van der Waals surface area contributed by atoms with Crippen molar-refractivity contribution in [2.24, 2.45) is 5.73 Å². The summed E-state index contributed by atoms with van der Waals surface area (Å²) >= 11 is 0. The third-order valence-electron chi connectivity index (χ3n) is 3.05. The monoisotopic (exact) mass is 222 g/mol. The Balaban J connectivity index is 2.10. The molecule has 1 unspecified atom stereocenters. The molecule has 1 aliphatic heterocycles. The molecule has 0 radical (unpaired) electrons. The van der Waals surface area contributed by atoms with Crippen LogP contribution in [0, 0.1) is 0 Å². The van der Waals surface area contributed by atoms with Crippen LogP contribution >= 0.6 is 0 Å². The lowest BCUT2D eigenvalue weighted by Crippen LogP contribution is -2.56. The van der Waals surface area contributed by atoms with Gasteiger partial charge >= 0.3 is 0 Å². The Labute approximate surface area is 95.2 Å². The minimum absolute atomic E-state index is 0.0496. The highest BCUT2D eigenvalue weighted by Crippen LogP contribution is 2.11. The summed E-state index contributed by atoms with van der Waals surface area (Å²) in [5, 5.41) is 0. The average molecular weight is 222 g/mol. The van der Waals surface area contributed by atoms with E-state index < -0.39 is 0 Å². The fourth-order valence-electron chi connectivity index (χ4n) is 2.10. The van der Waals surface area contributed by atoms with Crippen LogP contribution in [0.5, 0.6) is 0 Å². The molecule has 0 bridgehead atoms. The zero-order chi connectivity index (χ0) is 11.5. The van der Waals surface area contributed by atoms with Crippen molar-refractivity contribution in [3.8, 4) is 0 Å². The predicted molar refractivity (Wildman–Crippen MR) is 62.2 cm³/mol. The lowest BCUT2D eigenvalue weighted by molar-refractivity contribution is 0.0511. The van der Waals surface area contributed by atoms with Crippen LogP contribution in [0.3, 0.4) is 0 Å².